The minimum atomic E-state index is -1.05. The molecule has 168 valence electrons. The lowest BCUT2D eigenvalue weighted by Gasteiger charge is -2.19. The van der Waals surface area contributed by atoms with Crippen molar-refractivity contribution in [2.45, 2.75) is 25.3 Å². The highest BCUT2D eigenvalue weighted by molar-refractivity contribution is 5.97. The first-order chi connectivity index (χ1) is 16.0. The van der Waals surface area contributed by atoms with E-state index in [-0.39, 0.29) is 18.1 Å². The standard InChI is InChI=1S/C26H24N2O5/c1-2-23(24(29)27-17-13-11-16(12-14-17)25(30)31)28-26(32)33-15-22-20-9-5-3-7-18(20)19-8-4-6-10-21(19)22/h3-14,22-23H,2,15H2,1H3,(H,27,29)(H,28,32)(H,30,31). The van der Waals surface area contributed by atoms with E-state index in [1.807, 2.05) is 36.4 Å². The maximum atomic E-state index is 12.6. The number of carboxylic acid groups (broad SMARTS) is 1. The summed E-state index contributed by atoms with van der Waals surface area (Å²) in [5.41, 5.74) is 5.07. The number of carbonyl (C=O) groups excluding carboxylic acids is 2. The number of carboxylic acids is 1. The number of alkyl carbamates (subject to hydrolysis) is 1. The van der Waals surface area contributed by atoms with Crippen LogP contribution in [0.2, 0.25) is 0 Å². The smallest absolute Gasteiger partial charge is 0.407 e. The minimum absolute atomic E-state index is 0.0650. The van der Waals surface area contributed by atoms with Crippen LogP contribution < -0.4 is 10.6 Å². The number of amides is 2. The maximum absolute atomic E-state index is 12.6. The summed E-state index contributed by atoms with van der Waals surface area (Å²) >= 11 is 0. The molecule has 1 unspecified atom stereocenters. The van der Waals surface area contributed by atoms with Gasteiger partial charge in [-0.1, -0.05) is 55.5 Å². The molecule has 3 aromatic carbocycles. The summed E-state index contributed by atoms with van der Waals surface area (Å²) in [5, 5.41) is 14.3. The van der Waals surface area contributed by atoms with Crippen LogP contribution >= 0.6 is 0 Å². The Morgan fingerprint density at radius 2 is 1.48 bits per heavy atom. The minimum Gasteiger partial charge on any atom is -0.478 e. The van der Waals surface area contributed by atoms with E-state index in [1.165, 1.54) is 24.3 Å². The number of hydrogen-bond acceptors (Lipinski definition) is 4. The molecule has 0 aromatic heterocycles. The third-order valence-electron chi connectivity index (χ3n) is 5.76. The van der Waals surface area contributed by atoms with E-state index in [9.17, 15) is 14.4 Å². The zero-order valence-electron chi connectivity index (χ0n) is 18.1. The largest absolute Gasteiger partial charge is 0.478 e. The van der Waals surface area contributed by atoms with Gasteiger partial charge in [-0.2, -0.15) is 0 Å². The van der Waals surface area contributed by atoms with E-state index in [1.54, 1.807) is 6.92 Å². The van der Waals surface area contributed by atoms with Gasteiger partial charge >= 0.3 is 12.1 Å². The van der Waals surface area contributed by atoms with Crippen LogP contribution in [-0.2, 0) is 9.53 Å². The fourth-order valence-corrected chi connectivity index (χ4v) is 4.06. The van der Waals surface area contributed by atoms with E-state index < -0.39 is 24.0 Å². The Bertz CT molecular complexity index is 1140. The van der Waals surface area contributed by atoms with Crippen molar-refractivity contribution in [3.63, 3.8) is 0 Å². The highest BCUT2D eigenvalue weighted by atomic mass is 16.5. The highest BCUT2D eigenvalue weighted by Crippen LogP contribution is 2.44. The molecular weight excluding hydrogens is 420 g/mol. The van der Waals surface area contributed by atoms with Crippen LogP contribution in [0.4, 0.5) is 10.5 Å². The molecule has 3 aromatic rings. The number of aromatic carboxylic acids is 1. The van der Waals surface area contributed by atoms with Gasteiger partial charge in [0, 0.05) is 11.6 Å². The summed E-state index contributed by atoms with van der Waals surface area (Å²) in [6, 6.07) is 21.1. The topological polar surface area (TPSA) is 105 Å². The van der Waals surface area contributed by atoms with Gasteiger partial charge < -0.3 is 20.5 Å². The summed E-state index contributed by atoms with van der Waals surface area (Å²) < 4.78 is 5.52. The molecule has 7 nitrogen and oxygen atoms in total. The lowest BCUT2D eigenvalue weighted by atomic mass is 9.98. The molecule has 0 heterocycles. The van der Waals surface area contributed by atoms with Crippen molar-refractivity contribution in [2.24, 2.45) is 0 Å². The average Bonchev–Trinajstić information content (AvgIpc) is 3.15. The number of nitrogens with one attached hydrogen (secondary N) is 2. The first-order valence-electron chi connectivity index (χ1n) is 10.7. The molecule has 0 spiro atoms. The third-order valence-corrected chi connectivity index (χ3v) is 5.76. The van der Waals surface area contributed by atoms with Gasteiger partial charge in [-0.05, 0) is 52.9 Å². The van der Waals surface area contributed by atoms with E-state index in [0.717, 1.165) is 22.3 Å². The molecule has 0 fully saturated rings. The van der Waals surface area contributed by atoms with Crippen molar-refractivity contribution in [3.05, 3.63) is 89.5 Å². The van der Waals surface area contributed by atoms with Gasteiger partial charge in [0.05, 0.1) is 5.56 Å². The first-order valence-corrected chi connectivity index (χ1v) is 10.7. The van der Waals surface area contributed by atoms with Gasteiger partial charge in [-0.25, -0.2) is 9.59 Å². The molecule has 0 bridgehead atoms. The first kappa shape index (κ1) is 22.1. The molecular formula is C26H24N2O5. The van der Waals surface area contributed by atoms with Crippen LogP contribution in [0.25, 0.3) is 11.1 Å². The van der Waals surface area contributed by atoms with Gasteiger partial charge in [0.15, 0.2) is 0 Å². The number of benzene rings is 3. The predicted molar refractivity (Wildman–Crippen MR) is 124 cm³/mol. The van der Waals surface area contributed by atoms with Crippen LogP contribution in [0, 0.1) is 0 Å². The van der Waals surface area contributed by atoms with Crippen LogP contribution in [0.1, 0.15) is 40.7 Å². The Hall–Kier alpha value is -4.13. The number of fused-ring (bicyclic) bond motifs is 3. The molecule has 0 radical (unpaired) electrons. The summed E-state index contributed by atoms with van der Waals surface area (Å²) in [4.78, 5) is 36.0. The van der Waals surface area contributed by atoms with Crippen LogP contribution in [-0.4, -0.2) is 35.7 Å². The fourth-order valence-electron chi connectivity index (χ4n) is 4.06. The Morgan fingerprint density at radius 3 is 2.03 bits per heavy atom. The molecule has 1 aliphatic rings. The fraction of sp³-hybridized carbons (Fsp3) is 0.192. The zero-order chi connectivity index (χ0) is 23.4. The highest BCUT2D eigenvalue weighted by Gasteiger charge is 2.29. The van der Waals surface area contributed by atoms with E-state index in [2.05, 4.69) is 22.8 Å². The van der Waals surface area contributed by atoms with Crippen molar-refractivity contribution in [1.82, 2.24) is 5.32 Å². The van der Waals surface area contributed by atoms with Crippen LogP contribution in [0.3, 0.4) is 0 Å². The molecule has 2 amide bonds. The number of ether oxygens (including phenoxy) is 1. The third kappa shape index (κ3) is 4.72. The molecule has 3 N–H and O–H groups in total. The number of rotatable bonds is 7. The SMILES string of the molecule is CCC(NC(=O)OCC1c2ccccc2-c2ccccc21)C(=O)Nc1ccc(C(=O)O)cc1. The predicted octanol–water partition coefficient (Wildman–Crippen LogP) is 4.64. The monoisotopic (exact) mass is 444 g/mol. The van der Waals surface area contributed by atoms with Crippen molar-refractivity contribution in [2.75, 3.05) is 11.9 Å². The van der Waals surface area contributed by atoms with Crippen molar-refractivity contribution in [1.29, 1.82) is 0 Å². The molecule has 0 aliphatic heterocycles. The summed E-state index contributed by atoms with van der Waals surface area (Å²) in [7, 11) is 0. The molecule has 33 heavy (non-hydrogen) atoms. The van der Waals surface area contributed by atoms with Gasteiger partial charge in [-0.15, -0.1) is 0 Å². The second-order valence-corrected chi connectivity index (χ2v) is 7.80. The second kappa shape index (κ2) is 9.56. The number of anilines is 1. The lowest BCUT2D eigenvalue weighted by Crippen LogP contribution is -2.43. The summed E-state index contributed by atoms with van der Waals surface area (Å²) in [5.74, 6) is -1.52. The van der Waals surface area contributed by atoms with Crippen LogP contribution in [0.15, 0.2) is 72.8 Å². The maximum Gasteiger partial charge on any atom is 0.407 e. The van der Waals surface area contributed by atoms with Crippen LogP contribution in [0.5, 0.6) is 0 Å². The van der Waals surface area contributed by atoms with Gasteiger partial charge in [-0.3, -0.25) is 4.79 Å². The molecule has 0 saturated carbocycles. The number of hydrogen-bond donors (Lipinski definition) is 3. The van der Waals surface area contributed by atoms with Gasteiger partial charge in [0.2, 0.25) is 5.91 Å². The van der Waals surface area contributed by atoms with Crippen molar-refractivity contribution in [3.8, 4) is 11.1 Å². The number of carbonyl (C=O) groups is 3. The Morgan fingerprint density at radius 1 is 0.909 bits per heavy atom. The molecule has 0 saturated heterocycles. The lowest BCUT2D eigenvalue weighted by molar-refractivity contribution is -0.118. The second-order valence-electron chi connectivity index (χ2n) is 7.80. The molecule has 1 atom stereocenters. The van der Waals surface area contributed by atoms with Crippen molar-refractivity contribution < 1.29 is 24.2 Å². The molecule has 4 rings (SSSR count). The Kier molecular flexibility index (Phi) is 6.40. The quantitative estimate of drug-likeness (QED) is 0.492. The Labute approximate surface area is 191 Å². The average molecular weight is 444 g/mol. The molecule has 7 heteroatoms. The van der Waals surface area contributed by atoms with E-state index >= 15 is 0 Å². The Balaban J connectivity index is 1.37. The summed E-state index contributed by atoms with van der Waals surface area (Å²) in [6.45, 7) is 1.94. The summed E-state index contributed by atoms with van der Waals surface area (Å²) in [6.07, 6.45) is -0.302. The normalized spacial score (nSPS) is 12.9. The zero-order valence-corrected chi connectivity index (χ0v) is 18.1. The van der Waals surface area contributed by atoms with Gasteiger partial charge in [0.25, 0.3) is 0 Å². The van der Waals surface area contributed by atoms with E-state index in [0.29, 0.717) is 12.1 Å². The van der Waals surface area contributed by atoms with Crippen molar-refractivity contribution >= 4 is 23.7 Å². The van der Waals surface area contributed by atoms with E-state index in [4.69, 9.17) is 9.84 Å². The van der Waals surface area contributed by atoms with Gasteiger partial charge in [0.1, 0.15) is 12.6 Å². The molecule has 1 aliphatic carbocycles.